The number of esters is 3. The second-order valence-corrected chi connectivity index (χ2v) is 20.6. The molecule has 0 saturated carbocycles. The maximum Gasteiger partial charge on any atom is 0.306 e. The van der Waals surface area contributed by atoms with Gasteiger partial charge in [-0.15, -0.1) is 0 Å². The van der Waals surface area contributed by atoms with Crippen molar-refractivity contribution in [2.75, 3.05) is 13.2 Å². The smallest absolute Gasteiger partial charge is 0.306 e. The van der Waals surface area contributed by atoms with Crippen LogP contribution in [0.1, 0.15) is 316 Å². The molecule has 0 heterocycles. The number of carbonyl (C=O) groups excluding carboxylic acids is 3. The highest BCUT2D eigenvalue weighted by Gasteiger charge is 2.19. The summed E-state index contributed by atoms with van der Waals surface area (Å²) in [6.45, 7) is 6.47. The molecule has 0 fully saturated rings. The molecule has 71 heavy (non-hydrogen) atoms. The standard InChI is InChI=1S/C65H116O6/c1-4-7-10-13-16-19-21-23-24-25-26-27-28-29-30-31-32-33-34-35-36-37-38-39-40-42-43-46-49-52-55-58-64(67)70-61-62(60-69-63(66)57-54-51-48-45-18-15-12-9-6-3)71-65(68)59-56-53-50-47-44-41-22-20-17-14-11-8-5-2/h8,11,17,20,25-26,41,44,50,53,62H,4-7,9-10,12-16,18-19,21-24,27-40,42-43,45-49,51-52,54-61H2,1-3H3/b11-8-,20-17-,26-25-,44-41-,53-50-. The number of rotatable bonds is 56. The Hall–Kier alpha value is -2.89. The minimum absolute atomic E-state index is 0.0993. The summed E-state index contributed by atoms with van der Waals surface area (Å²) in [5.74, 6) is -0.973. The van der Waals surface area contributed by atoms with Gasteiger partial charge in [0.25, 0.3) is 0 Å². The molecule has 0 spiro atoms. The van der Waals surface area contributed by atoms with Gasteiger partial charge in [-0.1, -0.05) is 287 Å². The summed E-state index contributed by atoms with van der Waals surface area (Å²) in [5, 5.41) is 0. The molecule has 0 aliphatic heterocycles. The second-order valence-electron chi connectivity index (χ2n) is 20.6. The summed E-state index contributed by atoms with van der Waals surface area (Å²) in [4.78, 5) is 37.9. The lowest BCUT2D eigenvalue weighted by Crippen LogP contribution is -2.30. The van der Waals surface area contributed by atoms with Crippen molar-refractivity contribution in [1.29, 1.82) is 0 Å². The molecule has 0 N–H and O–H groups in total. The molecular weight excluding hydrogens is 877 g/mol. The van der Waals surface area contributed by atoms with E-state index in [0.29, 0.717) is 19.3 Å². The van der Waals surface area contributed by atoms with Gasteiger partial charge in [-0.05, 0) is 70.6 Å². The lowest BCUT2D eigenvalue weighted by Gasteiger charge is -2.18. The fraction of sp³-hybridized carbons (Fsp3) is 0.800. The molecule has 1 atom stereocenters. The van der Waals surface area contributed by atoms with Crippen LogP contribution in [-0.2, 0) is 28.6 Å². The molecule has 0 aliphatic rings. The minimum atomic E-state index is -0.808. The van der Waals surface area contributed by atoms with Crippen molar-refractivity contribution in [3.63, 3.8) is 0 Å². The molecule has 0 radical (unpaired) electrons. The Bertz CT molecular complexity index is 1280. The number of hydrogen-bond donors (Lipinski definition) is 0. The molecule has 1 unspecified atom stereocenters. The van der Waals surface area contributed by atoms with E-state index in [1.165, 1.54) is 205 Å². The topological polar surface area (TPSA) is 78.9 Å². The van der Waals surface area contributed by atoms with Crippen LogP contribution >= 0.6 is 0 Å². The predicted octanol–water partition coefficient (Wildman–Crippen LogP) is 20.8. The number of ether oxygens (including phenoxy) is 3. The highest BCUT2D eigenvalue weighted by Crippen LogP contribution is 2.17. The quantitative estimate of drug-likeness (QED) is 0.0261. The predicted molar refractivity (Wildman–Crippen MR) is 307 cm³/mol. The molecule has 6 nitrogen and oxygen atoms in total. The van der Waals surface area contributed by atoms with Crippen LogP contribution in [0.4, 0.5) is 0 Å². The van der Waals surface area contributed by atoms with Gasteiger partial charge < -0.3 is 14.2 Å². The van der Waals surface area contributed by atoms with Gasteiger partial charge >= 0.3 is 17.9 Å². The van der Waals surface area contributed by atoms with E-state index >= 15 is 0 Å². The van der Waals surface area contributed by atoms with Gasteiger partial charge in [0.15, 0.2) is 6.10 Å². The first-order chi connectivity index (χ1) is 35.0. The van der Waals surface area contributed by atoms with E-state index in [2.05, 4.69) is 75.5 Å². The summed E-state index contributed by atoms with van der Waals surface area (Å²) < 4.78 is 16.7. The molecule has 0 bridgehead atoms. The third-order valence-electron chi connectivity index (χ3n) is 13.5. The monoisotopic (exact) mass is 993 g/mol. The summed E-state index contributed by atoms with van der Waals surface area (Å²) in [6, 6.07) is 0. The van der Waals surface area contributed by atoms with Crippen LogP contribution in [0.5, 0.6) is 0 Å². The van der Waals surface area contributed by atoms with E-state index < -0.39 is 6.10 Å². The van der Waals surface area contributed by atoms with Crippen LogP contribution < -0.4 is 0 Å². The Balaban J connectivity index is 4.06. The molecule has 0 rings (SSSR count). The summed E-state index contributed by atoms with van der Waals surface area (Å²) in [6.07, 6.45) is 75.7. The fourth-order valence-electron chi connectivity index (χ4n) is 8.92. The van der Waals surface area contributed by atoms with Crippen molar-refractivity contribution in [3.05, 3.63) is 60.8 Å². The first-order valence-electron chi connectivity index (χ1n) is 30.8. The highest BCUT2D eigenvalue weighted by molar-refractivity contribution is 5.71. The van der Waals surface area contributed by atoms with Crippen LogP contribution in [0.3, 0.4) is 0 Å². The number of unbranched alkanes of at least 4 members (excludes halogenated alkanes) is 35. The van der Waals surface area contributed by atoms with Crippen LogP contribution in [0.25, 0.3) is 0 Å². The molecule has 0 aromatic carbocycles. The Morgan fingerprint density at radius 2 is 0.577 bits per heavy atom. The van der Waals surface area contributed by atoms with E-state index in [0.717, 1.165) is 64.2 Å². The zero-order valence-electron chi connectivity index (χ0n) is 47.2. The molecule has 0 aromatic heterocycles. The first kappa shape index (κ1) is 68.1. The van der Waals surface area contributed by atoms with Gasteiger partial charge in [0.05, 0.1) is 0 Å². The molecule has 6 heteroatoms. The number of hydrogen-bond acceptors (Lipinski definition) is 6. The Morgan fingerprint density at radius 3 is 0.915 bits per heavy atom. The zero-order chi connectivity index (χ0) is 51.4. The van der Waals surface area contributed by atoms with Gasteiger partial charge in [-0.3, -0.25) is 14.4 Å². The maximum absolute atomic E-state index is 12.8. The van der Waals surface area contributed by atoms with Gasteiger partial charge in [-0.25, -0.2) is 0 Å². The first-order valence-corrected chi connectivity index (χ1v) is 30.8. The van der Waals surface area contributed by atoms with Crippen molar-refractivity contribution in [1.82, 2.24) is 0 Å². The average molecular weight is 994 g/mol. The van der Waals surface area contributed by atoms with E-state index in [1.807, 2.05) is 6.08 Å². The van der Waals surface area contributed by atoms with E-state index in [9.17, 15) is 14.4 Å². The Labute approximate surface area is 440 Å². The summed E-state index contributed by atoms with van der Waals surface area (Å²) >= 11 is 0. The molecule has 0 saturated heterocycles. The molecule has 0 aliphatic carbocycles. The maximum atomic E-state index is 12.8. The molecule has 0 amide bonds. The van der Waals surface area contributed by atoms with Crippen molar-refractivity contribution >= 4 is 17.9 Å². The number of carbonyl (C=O) groups is 3. The van der Waals surface area contributed by atoms with Gasteiger partial charge in [0.1, 0.15) is 13.2 Å². The van der Waals surface area contributed by atoms with Crippen LogP contribution in [0, 0.1) is 0 Å². The summed E-state index contributed by atoms with van der Waals surface area (Å²) in [7, 11) is 0. The van der Waals surface area contributed by atoms with Crippen LogP contribution in [0.2, 0.25) is 0 Å². The van der Waals surface area contributed by atoms with E-state index in [1.54, 1.807) is 0 Å². The van der Waals surface area contributed by atoms with Gasteiger partial charge in [-0.2, -0.15) is 0 Å². The number of allylic oxidation sites excluding steroid dienone is 10. The molecule has 412 valence electrons. The lowest BCUT2D eigenvalue weighted by atomic mass is 10.0. The normalized spacial score (nSPS) is 12.4. The average Bonchev–Trinajstić information content (AvgIpc) is 3.37. The van der Waals surface area contributed by atoms with Crippen molar-refractivity contribution in [2.24, 2.45) is 0 Å². The van der Waals surface area contributed by atoms with Gasteiger partial charge in [0.2, 0.25) is 0 Å². The van der Waals surface area contributed by atoms with E-state index in [4.69, 9.17) is 14.2 Å². The largest absolute Gasteiger partial charge is 0.462 e. The Kier molecular flexibility index (Phi) is 57.2. The second kappa shape index (κ2) is 59.7. The van der Waals surface area contributed by atoms with Crippen molar-refractivity contribution in [3.8, 4) is 0 Å². The third-order valence-corrected chi connectivity index (χ3v) is 13.5. The molecular formula is C65H116O6. The zero-order valence-corrected chi connectivity index (χ0v) is 47.2. The van der Waals surface area contributed by atoms with Gasteiger partial charge in [0, 0.05) is 19.3 Å². The summed E-state index contributed by atoms with van der Waals surface area (Å²) in [5.41, 5.74) is 0. The highest BCUT2D eigenvalue weighted by atomic mass is 16.6. The lowest BCUT2D eigenvalue weighted by molar-refractivity contribution is -0.166. The third kappa shape index (κ3) is 57.9. The minimum Gasteiger partial charge on any atom is -0.462 e. The van der Waals surface area contributed by atoms with Crippen LogP contribution in [-0.4, -0.2) is 37.2 Å². The van der Waals surface area contributed by atoms with Crippen LogP contribution in [0.15, 0.2) is 60.8 Å². The van der Waals surface area contributed by atoms with E-state index in [-0.39, 0.29) is 37.5 Å². The van der Waals surface area contributed by atoms with Crippen molar-refractivity contribution in [2.45, 2.75) is 322 Å². The Morgan fingerprint density at radius 1 is 0.296 bits per heavy atom. The SMILES string of the molecule is CC/C=C\C/C=C\C/C=C\C/C=C\CCC(=O)OC(COC(=O)CCCCCCCCCCC)COC(=O)CCCCCCCCCCCCCCCCCCCCC/C=C\CCCCCCCCCC. The fourth-order valence-corrected chi connectivity index (χ4v) is 8.92. The van der Waals surface area contributed by atoms with Crippen molar-refractivity contribution < 1.29 is 28.6 Å². The molecule has 0 aromatic rings.